The van der Waals surface area contributed by atoms with E-state index in [-0.39, 0.29) is 17.7 Å². The van der Waals surface area contributed by atoms with Crippen LogP contribution in [0.25, 0.3) is 16.8 Å². The molecule has 1 aliphatic carbocycles. The summed E-state index contributed by atoms with van der Waals surface area (Å²) in [5.41, 5.74) is 3.35. The molecule has 0 spiro atoms. The van der Waals surface area contributed by atoms with Gasteiger partial charge in [-0.1, -0.05) is 103 Å². The van der Waals surface area contributed by atoms with Crippen LogP contribution >= 0.6 is 7.29 Å². The number of fused-ring (bicyclic) bond motifs is 4. The number of rotatable bonds is 5. The molecule has 3 nitrogen and oxygen atoms in total. The minimum Gasteiger partial charge on any atom is -0.300 e. The molecule has 4 aromatic carbocycles. The summed E-state index contributed by atoms with van der Waals surface area (Å²) in [6, 6.07) is 33.1. The molecule has 4 aromatic rings. The number of nitrogens with zero attached hydrogens (tertiary/aromatic N) is 1. The molecule has 0 bridgehead atoms. The average molecular weight is 492 g/mol. The molecule has 6 rings (SSSR count). The zero-order valence-corrected chi connectivity index (χ0v) is 21.6. The van der Waals surface area contributed by atoms with Gasteiger partial charge in [0.1, 0.15) is 5.78 Å². The third-order valence-electron chi connectivity index (χ3n) is 8.28. The Bertz CT molecular complexity index is 1540. The molecule has 0 N–H and O–H groups in total. The maximum absolute atomic E-state index is 16.2. The molecular weight excluding hydrogens is 461 g/mol. The topological polar surface area (TPSA) is 37.4 Å². The van der Waals surface area contributed by atoms with E-state index in [2.05, 4.69) is 77.5 Å². The van der Waals surface area contributed by atoms with Crippen LogP contribution < -0.4 is 5.30 Å². The molecule has 0 saturated carbocycles. The van der Waals surface area contributed by atoms with Gasteiger partial charge in [0.05, 0.1) is 5.16 Å². The van der Waals surface area contributed by atoms with Gasteiger partial charge in [-0.05, 0) is 53.9 Å². The number of benzene rings is 4. The molecule has 36 heavy (non-hydrogen) atoms. The Morgan fingerprint density at radius 3 is 2.39 bits per heavy atom. The molecule has 1 unspecified atom stereocenters. The van der Waals surface area contributed by atoms with Crippen LogP contribution in [-0.2, 0) is 14.5 Å². The zero-order chi connectivity index (χ0) is 24.9. The monoisotopic (exact) mass is 491 g/mol. The van der Waals surface area contributed by atoms with E-state index in [0.717, 1.165) is 32.8 Å². The standard InChI is InChI=1S/C32H30NO2P/c1-23(34)21-22-32-28-17-9-7-12-25(28)19-20-29(32)31(26-13-4-3-5-14-26)33(2)36(32,35)30-18-10-15-24-11-6-8-16-27(24)30/h3-20,29,31H,21-22H2,1-2H3/t29-,31-,32+,36?/m0/s1. The first-order chi connectivity index (χ1) is 17.5. The van der Waals surface area contributed by atoms with Gasteiger partial charge in [0.15, 0.2) is 7.29 Å². The Kier molecular flexibility index (Phi) is 5.59. The Labute approximate surface area is 212 Å². The molecule has 4 heteroatoms. The number of carbonyl (C=O) groups excluding carboxylic acids is 1. The minimum absolute atomic E-state index is 0.0380. The average Bonchev–Trinajstić information content (AvgIpc) is 3.12. The summed E-state index contributed by atoms with van der Waals surface area (Å²) in [4.78, 5) is 12.5. The van der Waals surface area contributed by atoms with Gasteiger partial charge in [0, 0.05) is 23.7 Å². The zero-order valence-electron chi connectivity index (χ0n) is 20.7. The predicted molar refractivity (Wildman–Crippen MR) is 149 cm³/mol. The van der Waals surface area contributed by atoms with Gasteiger partial charge in [-0.2, -0.15) is 0 Å². The van der Waals surface area contributed by atoms with E-state index in [1.807, 2.05) is 43.4 Å². The first kappa shape index (κ1) is 23.2. The SMILES string of the molecule is CC(=O)CC[C@@]12c3ccccc3C=C[C@H]1[C@H](c1ccccc1)N(C)P2(=O)c1cccc2ccccc12. The van der Waals surface area contributed by atoms with Gasteiger partial charge in [-0.25, -0.2) is 4.67 Å². The van der Waals surface area contributed by atoms with Crippen molar-refractivity contribution in [2.75, 3.05) is 7.05 Å². The Hall–Kier alpha value is -3.26. The van der Waals surface area contributed by atoms with E-state index in [4.69, 9.17) is 0 Å². The minimum atomic E-state index is -3.30. The number of carbonyl (C=O) groups is 1. The summed E-state index contributed by atoms with van der Waals surface area (Å²) in [7, 11) is -1.27. The lowest BCUT2D eigenvalue weighted by Gasteiger charge is -2.43. The van der Waals surface area contributed by atoms with E-state index >= 15 is 4.57 Å². The number of hydrogen-bond acceptors (Lipinski definition) is 2. The summed E-state index contributed by atoms with van der Waals surface area (Å²) >= 11 is 0. The molecule has 1 fully saturated rings. The van der Waals surface area contributed by atoms with Crippen molar-refractivity contribution in [3.63, 3.8) is 0 Å². The van der Waals surface area contributed by atoms with Crippen LogP contribution in [0.2, 0.25) is 0 Å². The second-order valence-corrected chi connectivity index (χ2v) is 13.2. The largest absolute Gasteiger partial charge is 0.300 e. The van der Waals surface area contributed by atoms with E-state index in [0.29, 0.717) is 12.8 Å². The van der Waals surface area contributed by atoms with Crippen LogP contribution in [0.5, 0.6) is 0 Å². The third kappa shape index (κ3) is 3.16. The van der Waals surface area contributed by atoms with Gasteiger partial charge in [0.2, 0.25) is 0 Å². The van der Waals surface area contributed by atoms with Crippen molar-refractivity contribution in [2.45, 2.75) is 31.0 Å². The van der Waals surface area contributed by atoms with E-state index in [9.17, 15) is 4.79 Å². The van der Waals surface area contributed by atoms with Gasteiger partial charge in [-0.3, -0.25) is 0 Å². The molecule has 0 radical (unpaired) electrons. The number of hydrogen-bond donors (Lipinski definition) is 0. The van der Waals surface area contributed by atoms with Crippen LogP contribution in [0.15, 0.2) is 103 Å². The predicted octanol–water partition coefficient (Wildman–Crippen LogP) is 7.34. The fraction of sp³-hybridized carbons (Fsp3) is 0.219. The molecule has 0 amide bonds. The summed E-state index contributed by atoms with van der Waals surface area (Å²) in [5, 5.41) is 2.28. The summed E-state index contributed by atoms with van der Waals surface area (Å²) in [5.74, 6) is 0.0920. The highest BCUT2D eigenvalue weighted by Crippen LogP contribution is 2.80. The molecule has 1 aliphatic heterocycles. The van der Waals surface area contributed by atoms with Gasteiger partial charge in [0.25, 0.3) is 0 Å². The molecule has 1 heterocycles. The molecule has 0 aromatic heterocycles. The van der Waals surface area contributed by atoms with Crippen LogP contribution in [0.3, 0.4) is 0 Å². The van der Waals surface area contributed by atoms with Crippen molar-refractivity contribution in [2.24, 2.45) is 5.92 Å². The Balaban J connectivity index is 1.73. The fourth-order valence-electron chi connectivity index (χ4n) is 6.75. The first-order valence-corrected chi connectivity index (χ1v) is 14.3. The van der Waals surface area contributed by atoms with Gasteiger partial charge >= 0.3 is 0 Å². The summed E-state index contributed by atoms with van der Waals surface area (Å²) in [6.07, 6.45) is 5.39. The summed E-state index contributed by atoms with van der Waals surface area (Å²) in [6.45, 7) is 1.65. The van der Waals surface area contributed by atoms with Crippen LogP contribution in [0, 0.1) is 5.92 Å². The van der Waals surface area contributed by atoms with Crippen molar-refractivity contribution in [1.82, 2.24) is 4.67 Å². The normalized spacial score (nSPS) is 27.1. The smallest absolute Gasteiger partial charge is 0.190 e. The van der Waals surface area contributed by atoms with Gasteiger partial charge in [-0.15, -0.1) is 0 Å². The number of ketones is 1. The highest BCUT2D eigenvalue weighted by molar-refractivity contribution is 7.71. The van der Waals surface area contributed by atoms with Crippen molar-refractivity contribution in [3.05, 3.63) is 120 Å². The highest BCUT2D eigenvalue weighted by atomic mass is 31.2. The fourth-order valence-corrected chi connectivity index (χ4v) is 11.1. The quantitative estimate of drug-likeness (QED) is 0.274. The lowest BCUT2D eigenvalue weighted by Crippen LogP contribution is -2.37. The van der Waals surface area contributed by atoms with Crippen LogP contribution in [-0.4, -0.2) is 17.5 Å². The molecule has 4 atom stereocenters. The maximum atomic E-state index is 16.2. The van der Waals surface area contributed by atoms with E-state index in [1.165, 1.54) is 0 Å². The van der Waals surface area contributed by atoms with E-state index in [1.54, 1.807) is 6.92 Å². The van der Waals surface area contributed by atoms with Crippen molar-refractivity contribution in [3.8, 4) is 0 Å². The molecule has 1 saturated heterocycles. The molecule has 2 aliphatic rings. The maximum Gasteiger partial charge on any atom is 0.190 e. The van der Waals surface area contributed by atoms with Crippen LogP contribution in [0.1, 0.15) is 42.5 Å². The Morgan fingerprint density at radius 1 is 0.889 bits per heavy atom. The van der Waals surface area contributed by atoms with Gasteiger partial charge < -0.3 is 9.36 Å². The van der Waals surface area contributed by atoms with E-state index < -0.39 is 12.4 Å². The lowest BCUT2D eigenvalue weighted by molar-refractivity contribution is -0.117. The summed E-state index contributed by atoms with van der Waals surface area (Å²) < 4.78 is 18.4. The molecular formula is C32H30NO2P. The molecule has 180 valence electrons. The third-order valence-corrected chi connectivity index (χ3v) is 12.3. The number of Topliss-reactive ketones (excluding diaryl/α,β-unsaturated/α-hetero) is 1. The first-order valence-electron chi connectivity index (χ1n) is 12.6. The second kappa shape index (κ2) is 8.69. The highest BCUT2D eigenvalue weighted by Gasteiger charge is 2.67. The second-order valence-electron chi connectivity index (χ2n) is 10.1. The Morgan fingerprint density at radius 2 is 1.58 bits per heavy atom. The van der Waals surface area contributed by atoms with Crippen LogP contribution in [0.4, 0.5) is 0 Å². The lowest BCUT2D eigenvalue weighted by atomic mass is 9.71. The van der Waals surface area contributed by atoms with Crippen molar-refractivity contribution >= 4 is 35.2 Å². The van der Waals surface area contributed by atoms with Crippen molar-refractivity contribution < 1.29 is 9.36 Å². The van der Waals surface area contributed by atoms with Crippen molar-refractivity contribution in [1.29, 1.82) is 0 Å².